The molecule has 126 valence electrons. The summed E-state index contributed by atoms with van der Waals surface area (Å²) in [5, 5.41) is 12.6. The van der Waals surface area contributed by atoms with Crippen LogP contribution in [0.4, 0.5) is 4.39 Å². The zero-order valence-electron chi connectivity index (χ0n) is 13.5. The van der Waals surface area contributed by atoms with Crippen molar-refractivity contribution >= 4 is 0 Å². The number of aliphatic hydroxyl groups excluding tert-OH is 1. The normalized spacial score (nSPS) is 19.6. The molecule has 3 rings (SSSR count). The number of hydrogen-bond acceptors (Lipinski definition) is 3. The third kappa shape index (κ3) is 4.66. The minimum Gasteiger partial charge on any atom is -0.489 e. The summed E-state index contributed by atoms with van der Waals surface area (Å²) in [7, 11) is 0. The fraction of sp³-hybridized carbons (Fsp3) is 0.300. The monoisotopic (exact) mass is 327 g/mol. The lowest BCUT2D eigenvalue weighted by molar-refractivity contribution is 0.246. The van der Waals surface area contributed by atoms with E-state index >= 15 is 0 Å². The van der Waals surface area contributed by atoms with E-state index in [4.69, 9.17) is 9.84 Å². The highest BCUT2D eigenvalue weighted by Gasteiger charge is 2.17. The first-order valence-electron chi connectivity index (χ1n) is 8.21. The topological polar surface area (TPSA) is 41.5 Å². The molecule has 2 N–H and O–H groups in total. The Morgan fingerprint density at radius 2 is 1.92 bits per heavy atom. The fourth-order valence-electron chi connectivity index (χ4n) is 2.80. The average molecular weight is 327 g/mol. The molecule has 0 amide bonds. The molecule has 0 heterocycles. The Hall–Kier alpha value is -2.17. The smallest absolute Gasteiger partial charge is 0.123 e. The number of ether oxygens (including phenoxy) is 1. The molecule has 2 atom stereocenters. The van der Waals surface area contributed by atoms with E-state index in [2.05, 4.69) is 23.5 Å². The van der Waals surface area contributed by atoms with Crippen LogP contribution in [0.5, 0.6) is 5.75 Å². The second kappa shape index (κ2) is 8.08. The number of nitrogens with one attached hydrogen (secondary N) is 1. The zero-order valence-corrected chi connectivity index (χ0v) is 13.5. The van der Waals surface area contributed by atoms with Gasteiger partial charge in [0.1, 0.15) is 18.2 Å². The van der Waals surface area contributed by atoms with Crippen molar-refractivity contribution in [2.24, 2.45) is 5.92 Å². The van der Waals surface area contributed by atoms with E-state index in [1.807, 2.05) is 18.2 Å². The van der Waals surface area contributed by atoms with Crippen molar-refractivity contribution in [3.63, 3.8) is 0 Å². The molecule has 2 aromatic rings. The Kier molecular flexibility index (Phi) is 5.62. The lowest BCUT2D eigenvalue weighted by Gasteiger charge is -2.13. The molecule has 0 spiro atoms. The first-order chi connectivity index (χ1) is 11.7. The number of rotatable bonds is 7. The summed E-state index contributed by atoms with van der Waals surface area (Å²) in [5.41, 5.74) is 2.08. The van der Waals surface area contributed by atoms with E-state index in [9.17, 15) is 4.39 Å². The minimum absolute atomic E-state index is 0.210. The molecule has 1 aliphatic rings. The molecule has 4 heteroatoms. The molecule has 0 radical (unpaired) electrons. The van der Waals surface area contributed by atoms with Gasteiger partial charge in [0.05, 0.1) is 0 Å². The SMILES string of the molecule is OC[C@H]1C=C[C@@H](NCc2cccc(OCc3ccc(F)cc3)c2)C1. The predicted octanol–water partition coefficient (Wildman–Crippen LogP) is 3.43. The Morgan fingerprint density at radius 3 is 2.67 bits per heavy atom. The van der Waals surface area contributed by atoms with E-state index in [0.29, 0.717) is 12.6 Å². The van der Waals surface area contributed by atoms with Gasteiger partial charge >= 0.3 is 0 Å². The van der Waals surface area contributed by atoms with Gasteiger partial charge in [-0.3, -0.25) is 0 Å². The molecule has 0 saturated carbocycles. The molecule has 0 saturated heterocycles. The number of aliphatic hydroxyl groups is 1. The van der Waals surface area contributed by atoms with Crippen LogP contribution in [0, 0.1) is 11.7 Å². The Balaban J connectivity index is 1.50. The number of benzene rings is 2. The Labute approximate surface area is 141 Å². The van der Waals surface area contributed by atoms with Gasteiger partial charge in [-0.25, -0.2) is 4.39 Å². The van der Waals surface area contributed by atoms with Crippen LogP contribution >= 0.6 is 0 Å². The minimum atomic E-state index is -0.240. The molecule has 2 aromatic carbocycles. The van der Waals surface area contributed by atoms with Gasteiger partial charge in [-0.1, -0.05) is 36.4 Å². The van der Waals surface area contributed by atoms with E-state index in [1.165, 1.54) is 12.1 Å². The second-order valence-electron chi connectivity index (χ2n) is 6.11. The maximum Gasteiger partial charge on any atom is 0.123 e. The van der Waals surface area contributed by atoms with Gasteiger partial charge in [-0.2, -0.15) is 0 Å². The van der Waals surface area contributed by atoms with Crippen LogP contribution in [-0.4, -0.2) is 17.8 Å². The maximum atomic E-state index is 12.9. The van der Waals surface area contributed by atoms with Crippen molar-refractivity contribution in [2.45, 2.75) is 25.6 Å². The van der Waals surface area contributed by atoms with Gasteiger partial charge in [0, 0.05) is 25.1 Å². The first-order valence-corrected chi connectivity index (χ1v) is 8.21. The molecular weight excluding hydrogens is 305 g/mol. The van der Waals surface area contributed by atoms with E-state index in [-0.39, 0.29) is 18.3 Å². The highest BCUT2D eigenvalue weighted by atomic mass is 19.1. The summed E-state index contributed by atoms with van der Waals surface area (Å²) in [5.74, 6) is 0.831. The molecule has 0 bridgehead atoms. The summed E-state index contributed by atoms with van der Waals surface area (Å²) in [6.45, 7) is 1.38. The van der Waals surface area contributed by atoms with E-state index in [0.717, 1.165) is 29.8 Å². The molecule has 24 heavy (non-hydrogen) atoms. The molecule has 0 aliphatic heterocycles. The van der Waals surface area contributed by atoms with Crippen LogP contribution in [0.15, 0.2) is 60.7 Å². The standard InChI is InChI=1S/C20H22FNO2/c21-18-7-4-15(5-8-18)14-24-20-3-1-2-16(11-20)12-22-19-9-6-17(10-19)13-23/h1-9,11,17,19,22-23H,10,12-14H2/t17-,19+/m0/s1. The molecule has 3 nitrogen and oxygen atoms in total. The quantitative estimate of drug-likeness (QED) is 0.766. The number of hydrogen-bond donors (Lipinski definition) is 2. The highest BCUT2D eigenvalue weighted by molar-refractivity contribution is 5.29. The van der Waals surface area contributed by atoms with Crippen molar-refractivity contribution in [1.29, 1.82) is 0 Å². The lowest BCUT2D eigenvalue weighted by atomic mass is 10.1. The summed E-state index contributed by atoms with van der Waals surface area (Å²) in [6.07, 6.45) is 5.13. The maximum absolute atomic E-state index is 12.9. The van der Waals surface area contributed by atoms with Gasteiger partial charge in [0.15, 0.2) is 0 Å². The zero-order chi connectivity index (χ0) is 16.8. The third-order valence-electron chi connectivity index (χ3n) is 4.19. The average Bonchev–Trinajstić information content (AvgIpc) is 3.08. The number of halogens is 1. The molecule has 0 fully saturated rings. The predicted molar refractivity (Wildman–Crippen MR) is 92.1 cm³/mol. The first kappa shape index (κ1) is 16.7. The lowest BCUT2D eigenvalue weighted by Crippen LogP contribution is -2.26. The third-order valence-corrected chi connectivity index (χ3v) is 4.19. The fourth-order valence-corrected chi connectivity index (χ4v) is 2.80. The van der Waals surface area contributed by atoms with Gasteiger partial charge in [-0.15, -0.1) is 0 Å². The Morgan fingerprint density at radius 1 is 1.08 bits per heavy atom. The van der Waals surface area contributed by atoms with Crippen molar-refractivity contribution in [3.05, 3.63) is 77.6 Å². The van der Waals surface area contributed by atoms with Crippen LogP contribution in [0.25, 0.3) is 0 Å². The summed E-state index contributed by atoms with van der Waals surface area (Å²) in [4.78, 5) is 0. The van der Waals surface area contributed by atoms with Gasteiger partial charge in [0.25, 0.3) is 0 Å². The van der Waals surface area contributed by atoms with Crippen molar-refractivity contribution in [1.82, 2.24) is 5.32 Å². The van der Waals surface area contributed by atoms with E-state index in [1.54, 1.807) is 12.1 Å². The van der Waals surface area contributed by atoms with Gasteiger partial charge < -0.3 is 15.2 Å². The van der Waals surface area contributed by atoms with Crippen LogP contribution in [0.3, 0.4) is 0 Å². The largest absolute Gasteiger partial charge is 0.489 e. The molecule has 0 aromatic heterocycles. The highest BCUT2D eigenvalue weighted by Crippen LogP contribution is 2.19. The van der Waals surface area contributed by atoms with Crippen LogP contribution < -0.4 is 10.1 Å². The van der Waals surface area contributed by atoms with Crippen LogP contribution in [0.1, 0.15) is 17.5 Å². The molecular formula is C20H22FNO2. The van der Waals surface area contributed by atoms with Crippen LogP contribution in [0.2, 0.25) is 0 Å². The Bertz CT molecular complexity index is 684. The summed E-state index contributed by atoms with van der Waals surface area (Å²) < 4.78 is 18.7. The summed E-state index contributed by atoms with van der Waals surface area (Å²) >= 11 is 0. The molecule has 1 aliphatic carbocycles. The van der Waals surface area contributed by atoms with Crippen molar-refractivity contribution in [3.8, 4) is 5.75 Å². The summed E-state index contributed by atoms with van der Waals surface area (Å²) in [6, 6.07) is 14.6. The van der Waals surface area contributed by atoms with E-state index < -0.39 is 0 Å². The molecule has 0 unspecified atom stereocenters. The van der Waals surface area contributed by atoms with Crippen LogP contribution in [-0.2, 0) is 13.2 Å². The van der Waals surface area contributed by atoms with Crippen molar-refractivity contribution in [2.75, 3.05) is 6.61 Å². The van der Waals surface area contributed by atoms with Gasteiger partial charge in [-0.05, 0) is 41.8 Å². The van der Waals surface area contributed by atoms with Crippen molar-refractivity contribution < 1.29 is 14.2 Å². The van der Waals surface area contributed by atoms with Gasteiger partial charge in [0.2, 0.25) is 0 Å². The second-order valence-corrected chi connectivity index (χ2v) is 6.11.